The van der Waals surface area contributed by atoms with E-state index in [0.29, 0.717) is 0 Å². The van der Waals surface area contributed by atoms with Crippen LogP contribution in [0.1, 0.15) is 59.8 Å². The van der Waals surface area contributed by atoms with E-state index in [9.17, 15) is 0 Å². The van der Waals surface area contributed by atoms with Crippen LogP contribution in [-0.4, -0.2) is 0 Å². The van der Waals surface area contributed by atoms with Crippen molar-refractivity contribution in [2.45, 2.75) is 59.8 Å². The van der Waals surface area contributed by atoms with E-state index in [0.717, 1.165) is 23.7 Å². The van der Waals surface area contributed by atoms with Gasteiger partial charge in [-0.1, -0.05) is 47.0 Å². The Hall–Kier alpha value is 0. The summed E-state index contributed by atoms with van der Waals surface area (Å²) >= 11 is 0. The van der Waals surface area contributed by atoms with Gasteiger partial charge in [-0.05, 0) is 36.5 Å². The van der Waals surface area contributed by atoms with Crippen molar-refractivity contribution >= 4 is 0 Å². The summed E-state index contributed by atoms with van der Waals surface area (Å²) in [4.78, 5) is 0. The molecule has 0 amide bonds. The maximum absolute atomic E-state index is 2.46. The first-order valence-corrected chi connectivity index (χ1v) is 6.30. The lowest BCUT2D eigenvalue weighted by Gasteiger charge is -2.49. The summed E-state index contributed by atoms with van der Waals surface area (Å²) in [5.74, 6) is 4.32. The summed E-state index contributed by atoms with van der Waals surface area (Å²) in [5, 5.41) is 0. The summed E-state index contributed by atoms with van der Waals surface area (Å²) < 4.78 is 0. The van der Waals surface area contributed by atoms with Gasteiger partial charge in [0.2, 0.25) is 0 Å². The molecule has 0 heterocycles. The van der Waals surface area contributed by atoms with E-state index in [2.05, 4.69) is 13.8 Å². The Morgan fingerprint density at radius 2 is 1.08 bits per heavy atom. The number of hydrogen-bond donors (Lipinski definition) is 0. The smallest absolute Gasteiger partial charge is 0.0355 e. The van der Waals surface area contributed by atoms with E-state index in [1.165, 1.54) is 32.1 Å². The highest BCUT2D eigenvalue weighted by Gasteiger charge is 2.44. The van der Waals surface area contributed by atoms with Crippen LogP contribution >= 0.6 is 0 Å². The molecule has 13 heavy (non-hydrogen) atoms. The van der Waals surface area contributed by atoms with Crippen LogP contribution in [0.5, 0.6) is 0 Å². The molecule has 0 radical (unpaired) electrons. The second-order valence-electron chi connectivity index (χ2n) is 4.68. The van der Waals surface area contributed by atoms with Crippen molar-refractivity contribution in [2.24, 2.45) is 23.7 Å². The van der Waals surface area contributed by atoms with Crippen molar-refractivity contribution in [3.63, 3.8) is 0 Å². The van der Waals surface area contributed by atoms with Gasteiger partial charge < -0.3 is 0 Å². The van der Waals surface area contributed by atoms with Crippen LogP contribution in [0.15, 0.2) is 0 Å². The average molecular weight is 182 g/mol. The van der Waals surface area contributed by atoms with Gasteiger partial charge in [0.15, 0.2) is 0 Å². The van der Waals surface area contributed by atoms with E-state index < -0.39 is 0 Å². The van der Waals surface area contributed by atoms with Gasteiger partial charge in [-0.3, -0.25) is 0 Å². The van der Waals surface area contributed by atoms with Gasteiger partial charge in [0.05, 0.1) is 0 Å². The van der Waals surface area contributed by atoms with Crippen LogP contribution in [0.4, 0.5) is 0 Å². The molecule has 0 N–H and O–H groups in total. The normalized spacial score (nSPS) is 43.4. The minimum absolute atomic E-state index is 1.04. The standard InChI is InChI=1S/C11H20.C2H6/c1-8-9(2)11-7-5-3-4-6-10(8)11;1-2/h8-11H,3-7H2,1-2H3;1-2H3. The fourth-order valence-corrected chi connectivity index (χ4v) is 3.30. The zero-order valence-electron chi connectivity index (χ0n) is 9.84. The van der Waals surface area contributed by atoms with Crippen LogP contribution < -0.4 is 0 Å². The lowest BCUT2D eigenvalue weighted by Crippen LogP contribution is -2.42. The molecule has 2 rings (SSSR count). The molecule has 2 fully saturated rings. The van der Waals surface area contributed by atoms with E-state index >= 15 is 0 Å². The minimum atomic E-state index is 1.04. The molecule has 0 nitrogen and oxygen atoms in total. The first-order chi connectivity index (χ1) is 6.30. The van der Waals surface area contributed by atoms with Crippen molar-refractivity contribution in [3.05, 3.63) is 0 Å². The monoisotopic (exact) mass is 182 g/mol. The molecule has 0 heteroatoms. The van der Waals surface area contributed by atoms with Gasteiger partial charge in [0.25, 0.3) is 0 Å². The van der Waals surface area contributed by atoms with E-state index in [1.54, 1.807) is 0 Å². The Morgan fingerprint density at radius 3 is 1.46 bits per heavy atom. The van der Waals surface area contributed by atoms with Gasteiger partial charge in [0.1, 0.15) is 0 Å². The number of rotatable bonds is 0. The van der Waals surface area contributed by atoms with Crippen molar-refractivity contribution < 1.29 is 0 Å². The maximum Gasteiger partial charge on any atom is -0.0355 e. The third-order valence-corrected chi connectivity index (χ3v) is 4.30. The summed E-state index contributed by atoms with van der Waals surface area (Å²) in [6, 6.07) is 0. The Bertz CT molecular complexity index is 123. The largest absolute Gasteiger partial charge is 0.0683 e. The molecule has 4 unspecified atom stereocenters. The Labute approximate surface area is 84.1 Å². The van der Waals surface area contributed by atoms with Crippen molar-refractivity contribution in [3.8, 4) is 0 Å². The fourth-order valence-electron chi connectivity index (χ4n) is 3.30. The second-order valence-corrected chi connectivity index (χ2v) is 4.68. The predicted octanol–water partition coefficient (Wildman–Crippen LogP) is 4.49. The van der Waals surface area contributed by atoms with Crippen molar-refractivity contribution in [1.82, 2.24) is 0 Å². The summed E-state index contributed by atoms with van der Waals surface area (Å²) in [7, 11) is 0. The lowest BCUT2D eigenvalue weighted by molar-refractivity contribution is -0.00282. The molecule has 78 valence electrons. The minimum Gasteiger partial charge on any atom is -0.0683 e. The molecule has 4 atom stereocenters. The highest BCUT2D eigenvalue weighted by atomic mass is 14.5. The Balaban J connectivity index is 0.000000396. The van der Waals surface area contributed by atoms with E-state index in [1.807, 2.05) is 13.8 Å². The molecule has 0 aromatic heterocycles. The molecule has 0 aromatic rings. The summed E-state index contributed by atoms with van der Waals surface area (Å²) in [5.41, 5.74) is 0. The number of fused-ring (bicyclic) bond motifs is 1. The summed E-state index contributed by atoms with van der Waals surface area (Å²) in [6.45, 7) is 8.91. The van der Waals surface area contributed by atoms with Gasteiger partial charge in [0, 0.05) is 0 Å². The highest BCUT2D eigenvalue weighted by Crippen LogP contribution is 2.51. The first-order valence-electron chi connectivity index (χ1n) is 6.30. The molecular formula is C13H26. The second kappa shape index (κ2) is 5.02. The number of hydrogen-bond acceptors (Lipinski definition) is 0. The summed E-state index contributed by atoms with van der Waals surface area (Å²) in [6.07, 6.45) is 7.61. The van der Waals surface area contributed by atoms with Crippen LogP contribution in [0.3, 0.4) is 0 Å². The van der Waals surface area contributed by atoms with Crippen LogP contribution in [0.25, 0.3) is 0 Å². The first kappa shape index (κ1) is 11.1. The van der Waals surface area contributed by atoms with E-state index in [-0.39, 0.29) is 0 Å². The fraction of sp³-hybridized carbons (Fsp3) is 1.00. The van der Waals surface area contributed by atoms with Crippen LogP contribution in [0.2, 0.25) is 0 Å². The topological polar surface area (TPSA) is 0 Å². The van der Waals surface area contributed by atoms with Crippen molar-refractivity contribution in [1.29, 1.82) is 0 Å². The SMILES string of the molecule is CC.CC1C(C)C2CCCCCC12. The third-order valence-electron chi connectivity index (χ3n) is 4.30. The zero-order chi connectivity index (χ0) is 9.84. The van der Waals surface area contributed by atoms with Crippen molar-refractivity contribution in [2.75, 3.05) is 0 Å². The third kappa shape index (κ3) is 2.08. The van der Waals surface area contributed by atoms with E-state index in [4.69, 9.17) is 0 Å². The molecule has 0 aliphatic heterocycles. The quantitative estimate of drug-likeness (QED) is 0.517. The van der Waals surface area contributed by atoms with Gasteiger partial charge in [-0.15, -0.1) is 0 Å². The van der Waals surface area contributed by atoms with Gasteiger partial charge >= 0.3 is 0 Å². The molecule has 0 aromatic carbocycles. The molecular weight excluding hydrogens is 156 g/mol. The van der Waals surface area contributed by atoms with Crippen LogP contribution in [-0.2, 0) is 0 Å². The molecule has 0 bridgehead atoms. The highest BCUT2D eigenvalue weighted by molar-refractivity contribution is 4.93. The molecule has 2 saturated carbocycles. The Morgan fingerprint density at radius 1 is 0.692 bits per heavy atom. The lowest BCUT2D eigenvalue weighted by atomic mass is 9.56. The molecule has 2 aliphatic rings. The zero-order valence-corrected chi connectivity index (χ0v) is 9.84. The Kier molecular flexibility index (Phi) is 4.28. The molecule has 2 aliphatic carbocycles. The van der Waals surface area contributed by atoms with Crippen LogP contribution in [0, 0.1) is 23.7 Å². The predicted molar refractivity (Wildman–Crippen MR) is 59.7 cm³/mol. The molecule has 0 spiro atoms. The van der Waals surface area contributed by atoms with Gasteiger partial charge in [-0.2, -0.15) is 0 Å². The van der Waals surface area contributed by atoms with Gasteiger partial charge in [-0.25, -0.2) is 0 Å². The maximum atomic E-state index is 2.46. The average Bonchev–Trinajstić information content (AvgIpc) is 2.42. The molecule has 0 saturated heterocycles.